The number of thioether (sulfide) groups is 1. The van der Waals surface area contributed by atoms with E-state index in [1.54, 1.807) is 19.1 Å². The van der Waals surface area contributed by atoms with Gasteiger partial charge in [-0.25, -0.2) is 0 Å². The van der Waals surface area contributed by atoms with Crippen LogP contribution in [0.4, 0.5) is 0 Å². The van der Waals surface area contributed by atoms with Crippen LogP contribution in [0.1, 0.15) is 19.4 Å². The van der Waals surface area contributed by atoms with Crippen molar-refractivity contribution in [1.29, 1.82) is 5.26 Å². The minimum absolute atomic E-state index is 0.137. The number of nitriles is 1. The van der Waals surface area contributed by atoms with Gasteiger partial charge in [0, 0.05) is 24.0 Å². The zero-order valence-corrected chi connectivity index (χ0v) is 15.5. The van der Waals surface area contributed by atoms with Gasteiger partial charge in [0.15, 0.2) is 5.78 Å². The molecule has 0 amide bonds. The van der Waals surface area contributed by atoms with Gasteiger partial charge in [-0.3, -0.25) is 9.48 Å². The molecule has 1 aliphatic heterocycles. The molecule has 0 saturated heterocycles. The molecule has 1 aliphatic rings. The molecule has 0 saturated carbocycles. The van der Waals surface area contributed by atoms with E-state index in [1.165, 1.54) is 11.8 Å². The number of nitrogens with zero attached hydrogens (tertiary/aromatic N) is 4. The Morgan fingerprint density at radius 3 is 2.96 bits per heavy atom. The molecule has 128 valence electrons. The number of halogens is 1. The highest BCUT2D eigenvalue weighted by atomic mass is 35.5. The Hall–Kier alpha value is -2.23. The molecule has 0 fully saturated rings. The molecule has 0 bridgehead atoms. The van der Waals surface area contributed by atoms with E-state index >= 15 is 0 Å². The van der Waals surface area contributed by atoms with Crippen LogP contribution in [0.25, 0.3) is 11.3 Å². The predicted molar refractivity (Wildman–Crippen MR) is 99.9 cm³/mol. The van der Waals surface area contributed by atoms with E-state index in [0.29, 0.717) is 17.1 Å². The van der Waals surface area contributed by atoms with Gasteiger partial charge in [-0.2, -0.15) is 10.4 Å². The summed E-state index contributed by atoms with van der Waals surface area (Å²) in [6.07, 6.45) is 3.87. The third-order valence-electron chi connectivity index (χ3n) is 4.05. The van der Waals surface area contributed by atoms with Crippen molar-refractivity contribution >= 4 is 29.1 Å². The normalized spacial score (nSPS) is 17.5. The lowest BCUT2D eigenvalue weighted by atomic mass is 10.1. The smallest absolute Gasteiger partial charge is 0.162 e. The van der Waals surface area contributed by atoms with Crippen molar-refractivity contribution in [3.63, 3.8) is 0 Å². The van der Waals surface area contributed by atoms with Gasteiger partial charge in [-0.05, 0) is 37.5 Å². The second-order valence-electron chi connectivity index (χ2n) is 5.91. The summed E-state index contributed by atoms with van der Waals surface area (Å²) in [5.74, 6) is 0.148. The quantitative estimate of drug-likeness (QED) is 0.796. The maximum atomic E-state index is 11.7. The molecule has 0 radical (unpaired) electrons. The first-order valence-electron chi connectivity index (χ1n) is 7.83. The summed E-state index contributed by atoms with van der Waals surface area (Å²) < 4.78 is 1.86. The number of carbonyl (C=O) groups excluding carboxylic acids is 1. The molecule has 0 N–H and O–H groups in total. The highest BCUT2D eigenvalue weighted by molar-refractivity contribution is 8.03. The summed E-state index contributed by atoms with van der Waals surface area (Å²) in [5.41, 5.74) is 2.12. The third-order valence-corrected chi connectivity index (χ3v) is 5.47. The number of aromatic nitrogens is 2. The Bertz CT molecular complexity index is 870. The lowest BCUT2D eigenvalue weighted by Gasteiger charge is -2.29. The molecule has 1 aromatic carbocycles. The molecule has 2 atom stereocenters. The first-order valence-corrected chi connectivity index (χ1v) is 9.15. The maximum absolute atomic E-state index is 11.7. The molecular formula is C18H17ClN4OS. The summed E-state index contributed by atoms with van der Waals surface area (Å²) in [6.45, 7) is 4.36. The minimum Gasteiger partial charge on any atom is -0.354 e. The molecule has 7 heteroatoms. The molecule has 25 heavy (non-hydrogen) atoms. The summed E-state index contributed by atoms with van der Waals surface area (Å²) in [7, 11) is 0. The predicted octanol–water partition coefficient (Wildman–Crippen LogP) is 3.90. The molecule has 2 heterocycles. The lowest BCUT2D eigenvalue weighted by molar-refractivity contribution is -0.119. The van der Waals surface area contributed by atoms with Crippen molar-refractivity contribution < 1.29 is 4.79 Å². The van der Waals surface area contributed by atoms with Crippen LogP contribution < -0.4 is 0 Å². The molecule has 3 rings (SSSR count). The van der Waals surface area contributed by atoms with E-state index in [0.717, 1.165) is 11.3 Å². The van der Waals surface area contributed by atoms with E-state index in [1.807, 2.05) is 34.6 Å². The van der Waals surface area contributed by atoms with E-state index in [9.17, 15) is 4.79 Å². The number of carbonyl (C=O) groups is 1. The topological polar surface area (TPSA) is 61.9 Å². The second kappa shape index (κ2) is 7.34. The average Bonchev–Trinajstić information content (AvgIpc) is 3.24. The zero-order valence-electron chi connectivity index (χ0n) is 13.9. The zero-order chi connectivity index (χ0) is 18.0. The highest BCUT2D eigenvalue weighted by Crippen LogP contribution is 2.28. The van der Waals surface area contributed by atoms with Crippen LogP contribution >= 0.6 is 23.4 Å². The lowest BCUT2D eigenvalue weighted by Crippen LogP contribution is -2.39. The number of benzene rings is 1. The standard InChI is InChI=1S/C18H17ClN4OS/c1-12(23-7-8-25-18(23)13(2)24)11-22-6-5-17(21-22)14-3-4-15(10-20)16(19)9-14/h3-9,12,18H,11H2,1-2H3/t12?,18-/m1/s1. The van der Waals surface area contributed by atoms with Gasteiger partial charge in [0.05, 0.1) is 22.8 Å². The molecule has 0 aliphatic carbocycles. The fourth-order valence-corrected chi connectivity index (χ4v) is 3.95. The molecule has 0 spiro atoms. The van der Waals surface area contributed by atoms with Crippen LogP contribution in [0, 0.1) is 11.3 Å². The number of hydrogen-bond acceptors (Lipinski definition) is 5. The van der Waals surface area contributed by atoms with Crippen molar-refractivity contribution in [2.45, 2.75) is 31.8 Å². The molecule has 1 unspecified atom stereocenters. The third kappa shape index (κ3) is 3.73. The largest absolute Gasteiger partial charge is 0.354 e. The minimum atomic E-state index is -0.151. The fraction of sp³-hybridized carbons (Fsp3) is 0.278. The van der Waals surface area contributed by atoms with E-state index in [4.69, 9.17) is 16.9 Å². The number of ketones is 1. The monoisotopic (exact) mass is 372 g/mol. The SMILES string of the molecule is CC(=O)[C@H]1SC=CN1C(C)Cn1ccc(-c2ccc(C#N)c(Cl)c2)n1. The molecule has 1 aromatic heterocycles. The first-order chi connectivity index (χ1) is 12.0. The Morgan fingerprint density at radius 2 is 2.28 bits per heavy atom. The fourth-order valence-electron chi connectivity index (χ4n) is 2.76. The highest BCUT2D eigenvalue weighted by Gasteiger charge is 2.28. The maximum Gasteiger partial charge on any atom is 0.162 e. The van der Waals surface area contributed by atoms with Crippen LogP contribution in [-0.4, -0.2) is 31.9 Å². The van der Waals surface area contributed by atoms with Gasteiger partial charge >= 0.3 is 0 Å². The van der Waals surface area contributed by atoms with Crippen molar-refractivity contribution in [3.05, 3.63) is 52.7 Å². The summed E-state index contributed by atoms with van der Waals surface area (Å²) >= 11 is 7.63. The van der Waals surface area contributed by atoms with Crippen LogP contribution in [0.5, 0.6) is 0 Å². The Balaban J connectivity index is 1.74. The summed E-state index contributed by atoms with van der Waals surface area (Å²) in [5, 5.41) is 15.8. The van der Waals surface area contributed by atoms with Gasteiger partial charge in [-0.1, -0.05) is 29.4 Å². The average molecular weight is 373 g/mol. The number of hydrogen-bond donors (Lipinski definition) is 0. The summed E-state index contributed by atoms with van der Waals surface area (Å²) in [6, 6.07) is 9.39. The molecule has 2 aromatic rings. The van der Waals surface area contributed by atoms with Crippen LogP contribution in [0.2, 0.25) is 5.02 Å². The Kier molecular flexibility index (Phi) is 5.16. The van der Waals surface area contributed by atoms with Gasteiger partial charge in [-0.15, -0.1) is 0 Å². The van der Waals surface area contributed by atoms with Crippen molar-refractivity contribution in [2.75, 3.05) is 0 Å². The van der Waals surface area contributed by atoms with Gasteiger partial charge in [0.2, 0.25) is 0 Å². The van der Waals surface area contributed by atoms with Gasteiger partial charge in [0.1, 0.15) is 11.4 Å². The second-order valence-corrected chi connectivity index (χ2v) is 7.31. The van der Waals surface area contributed by atoms with Crippen LogP contribution in [-0.2, 0) is 11.3 Å². The van der Waals surface area contributed by atoms with Crippen molar-refractivity contribution in [2.24, 2.45) is 0 Å². The van der Waals surface area contributed by atoms with Gasteiger partial charge < -0.3 is 4.90 Å². The number of Topliss-reactive ketones (excluding diaryl/α,β-unsaturated/α-hetero) is 1. The van der Waals surface area contributed by atoms with Crippen molar-refractivity contribution in [1.82, 2.24) is 14.7 Å². The van der Waals surface area contributed by atoms with Crippen LogP contribution in [0.3, 0.4) is 0 Å². The van der Waals surface area contributed by atoms with E-state index in [2.05, 4.69) is 23.0 Å². The van der Waals surface area contributed by atoms with E-state index < -0.39 is 0 Å². The molecule has 5 nitrogen and oxygen atoms in total. The van der Waals surface area contributed by atoms with Crippen LogP contribution in [0.15, 0.2) is 42.1 Å². The van der Waals surface area contributed by atoms with Gasteiger partial charge in [0.25, 0.3) is 0 Å². The Morgan fingerprint density at radius 1 is 1.48 bits per heavy atom. The summed E-state index contributed by atoms with van der Waals surface area (Å²) in [4.78, 5) is 13.8. The van der Waals surface area contributed by atoms with E-state index in [-0.39, 0.29) is 17.2 Å². The van der Waals surface area contributed by atoms with Crippen molar-refractivity contribution in [3.8, 4) is 17.3 Å². The molecular weight excluding hydrogens is 356 g/mol. The first kappa shape index (κ1) is 17.6. The number of rotatable bonds is 5. The Labute approximate surface area is 155 Å².